The topological polar surface area (TPSA) is 76.0 Å². The Balaban J connectivity index is 1.47. The second-order valence-electron chi connectivity index (χ2n) is 9.68. The van der Waals surface area contributed by atoms with Crippen LogP contribution in [0.3, 0.4) is 0 Å². The average Bonchev–Trinajstić information content (AvgIpc) is 3.53. The lowest BCUT2D eigenvalue weighted by atomic mass is 9.93. The quantitative estimate of drug-likeness (QED) is 0.255. The number of amides is 2. The number of carbonyl (C=O) groups excluding carboxylic acids is 2. The Labute approximate surface area is 228 Å². The van der Waals surface area contributed by atoms with E-state index in [1.807, 2.05) is 0 Å². The van der Waals surface area contributed by atoms with Gasteiger partial charge in [0.05, 0.1) is 23.8 Å². The number of carbonyl (C=O) groups is 2. The third-order valence-corrected chi connectivity index (χ3v) is 7.19. The molecule has 1 saturated carbocycles. The van der Waals surface area contributed by atoms with Gasteiger partial charge in [-0.3, -0.25) is 14.3 Å². The summed E-state index contributed by atoms with van der Waals surface area (Å²) in [4.78, 5) is 26.3. The molecule has 204 valence electrons. The molecule has 1 aromatic heterocycles. The molecular weight excluding hydrogens is 555 g/mol. The highest BCUT2D eigenvalue weighted by atomic mass is 35.5. The summed E-state index contributed by atoms with van der Waals surface area (Å²) in [6, 6.07) is 7.53. The zero-order chi connectivity index (χ0) is 28.3. The molecule has 12 heteroatoms. The molecule has 0 unspecified atom stereocenters. The van der Waals surface area contributed by atoms with Crippen LogP contribution in [0.2, 0.25) is 5.02 Å². The predicted octanol–water partition coefficient (Wildman–Crippen LogP) is 6.92. The molecule has 2 heterocycles. The fraction of sp³-hybridized carbons (Fsp3) is 0.179. The standard InChI is InChI=1S/C28H18ClF5N4O2/c29-22-4-1-17(30)10-20(22)25-24-21(27(40)37-25)7-13(15-11-35-38(12-15)19-2-3-19)8-23(24)36-26(39)14-5-16(28(32,33)34)9-18(31)6-14/h1,4-12,19,25H,2-3H2,(H,36,39)(H,37,40)/t25-/m0/s1. The summed E-state index contributed by atoms with van der Waals surface area (Å²) in [7, 11) is 0. The predicted molar refractivity (Wildman–Crippen MR) is 136 cm³/mol. The van der Waals surface area contributed by atoms with E-state index in [0.29, 0.717) is 23.3 Å². The van der Waals surface area contributed by atoms with E-state index < -0.39 is 46.8 Å². The molecule has 0 saturated heterocycles. The molecule has 3 aromatic carbocycles. The Bertz CT molecular complexity index is 1700. The van der Waals surface area contributed by atoms with E-state index in [1.165, 1.54) is 12.1 Å². The largest absolute Gasteiger partial charge is 0.416 e. The zero-order valence-electron chi connectivity index (χ0n) is 20.3. The molecule has 1 aliphatic heterocycles. The average molecular weight is 573 g/mol. The van der Waals surface area contributed by atoms with Crippen LogP contribution in [0.1, 0.15) is 62.3 Å². The van der Waals surface area contributed by atoms with Crippen LogP contribution in [0.25, 0.3) is 11.1 Å². The van der Waals surface area contributed by atoms with Gasteiger partial charge in [-0.05, 0) is 66.9 Å². The molecule has 2 N–H and O–H groups in total. The monoisotopic (exact) mass is 572 g/mol. The molecule has 2 amide bonds. The highest BCUT2D eigenvalue weighted by Crippen LogP contribution is 2.42. The summed E-state index contributed by atoms with van der Waals surface area (Å²) in [5.41, 5.74) is -0.130. The van der Waals surface area contributed by atoms with Gasteiger partial charge >= 0.3 is 6.18 Å². The Hall–Kier alpha value is -4.25. The van der Waals surface area contributed by atoms with Crippen LogP contribution < -0.4 is 10.6 Å². The highest BCUT2D eigenvalue weighted by molar-refractivity contribution is 6.31. The van der Waals surface area contributed by atoms with E-state index in [4.69, 9.17) is 11.6 Å². The summed E-state index contributed by atoms with van der Waals surface area (Å²) in [5, 5.41) is 9.78. The molecule has 6 nitrogen and oxygen atoms in total. The van der Waals surface area contributed by atoms with E-state index in [1.54, 1.807) is 23.1 Å². The van der Waals surface area contributed by atoms with Crippen LogP contribution in [0.5, 0.6) is 0 Å². The number of rotatable bonds is 5. The molecule has 1 fully saturated rings. The number of nitrogens with one attached hydrogen (secondary N) is 2. The van der Waals surface area contributed by atoms with Crippen molar-refractivity contribution in [2.24, 2.45) is 0 Å². The van der Waals surface area contributed by atoms with Crippen molar-refractivity contribution >= 4 is 29.1 Å². The summed E-state index contributed by atoms with van der Waals surface area (Å²) in [6.07, 6.45) is 0.482. The number of halogens is 6. The van der Waals surface area contributed by atoms with Crippen molar-refractivity contribution in [2.45, 2.75) is 31.1 Å². The van der Waals surface area contributed by atoms with Crippen LogP contribution in [0.15, 0.2) is 60.9 Å². The van der Waals surface area contributed by atoms with Crippen molar-refractivity contribution in [3.8, 4) is 11.1 Å². The van der Waals surface area contributed by atoms with Crippen LogP contribution in [-0.4, -0.2) is 21.6 Å². The van der Waals surface area contributed by atoms with E-state index >= 15 is 0 Å². The van der Waals surface area contributed by atoms with E-state index in [0.717, 1.165) is 25.0 Å². The van der Waals surface area contributed by atoms with Crippen LogP contribution >= 0.6 is 11.6 Å². The van der Waals surface area contributed by atoms with Gasteiger partial charge in [0.15, 0.2) is 0 Å². The van der Waals surface area contributed by atoms with Crippen molar-refractivity contribution in [3.63, 3.8) is 0 Å². The second-order valence-corrected chi connectivity index (χ2v) is 10.1. The Morgan fingerprint density at radius 1 is 1.02 bits per heavy atom. The van der Waals surface area contributed by atoms with Crippen molar-refractivity contribution in [2.75, 3.05) is 5.32 Å². The summed E-state index contributed by atoms with van der Waals surface area (Å²) < 4.78 is 69.8. The number of anilines is 1. The summed E-state index contributed by atoms with van der Waals surface area (Å²) >= 11 is 6.32. The maximum absolute atomic E-state index is 14.2. The van der Waals surface area contributed by atoms with Crippen molar-refractivity contribution < 1.29 is 31.5 Å². The van der Waals surface area contributed by atoms with Gasteiger partial charge in [-0.25, -0.2) is 8.78 Å². The Kier molecular flexibility index (Phi) is 6.14. The van der Waals surface area contributed by atoms with Gasteiger partial charge in [0, 0.05) is 44.7 Å². The van der Waals surface area contributed by atoms with Crippen molar-refractivity contribution in [3.05, 3.63) is 105 Å². The fourth-order valence-electron chi connectivity index (χ4n) is 4.78. The molecule has 4 aromatic rings. The number of hydrogen-bond acceptors (Lipinski definition) is 3. The maximum atomic E-state index is 14.2. The number of aromatic nitrogens is 2. The van der Waals surface area contributed by atoms with E-state index in [2.05, 4.69) is 15.7 Å². The van der Waals surface area contributed by atoms with Gasteiger partial charge in [-0.2, -0.15) is 18.3 Å². The van der Waals surface area contributed by atoms with Crippen LogP contribution in [-0.2, 0) is 6.18 Å². The number of alkyl halides is 3. The minimum absolute atomic E-state index is 0.0539. The van der Waals surface area contributed by atoms with E-state index in [-0.39, 0.29) is 39.5 Å². The number of nitrogens with zero attached hydrogens (tertiary/aromatic N) is 2. The normalized spacial score (nSPS) is 16.6. The number of benzene rings is 3. The van der Waals surface area contributed by atoms with Gasteiger partial charge < -0.3 is 10.6 Å². The van der Waals surface area contributed by atoms with Gasteiger partial charge in [0.25, 0.3) is 11.8 Å². The highest BCUT2D eigenvalue weighted by Gasteiger charge is 2.36. The maximum Gasteiger partial charge on any atom is 0.416 e. The number of hydrogen-bond donors (Lipinski definition) is 2. The molecule has 2 aliphatic rings. The lowest BCUT2D eigenvalue weighted by molar-refractivity contribution is -0.137. The number of fused-ring (bicyclic) bond motifs is 1. The van der Waals surface area contributed by atoms with Crippen LogP contribution in [0, 0.1) is 11.6 Å². The lowest BCUT2D eigenvalue weighted by Gasteiger charge is -2.19. The first-order chi connectivity index (χ1) is 19.0. The molecular formula is C28H18ClF5N4O2. The Morgan fingerprint density at radius 2 is 1.80 bits per heavy atom. The molecule has 1 atom stereocenters. The van der Waals surface area contributed by atoms with Crippen molar-refractivity contribution in [1.82, 2.24) is 15.1 Å². The fourth-order valence-corrected chi connectivity index (χ4v) is 5.00. The molecule has 0 spiro atoms. The van der Waals surface area contributed by atoms with Crippen LogP contribution in [0.4, 0.5) is 27.6 Å². The third-order valence-electron chi connectivity index (χ3n) is 6.85. The second kappa shape index (κ2) is 9.44. The summed E-state index contributed by atoms with van der Waals surface area (Å²) in [6.45, 7) is 0. The molecule has 6 rings (SSSR count). The SMILES string of the molecule is O=C(Nc1cc(-c2cnn(C3CC3)c2)cc2c1[C@H](c1cc(F)ccc1Cl)NC2=O)c1cc(F)cc(C(F)(F)F)c1. The lowest BCUT2D eigenvalue weighted by Crippen LogP contribution is -2.21. The Morgan fingerprint density at radius 3 is 2.52 bits per heavy atom. The first kappa shape index (κ1) is 26.0. The molecule has 1 aliphatic carbocycles. The zero-order valence-corrected chi connectivity index (χ0v) is 21.1. The first-order valence-electron chi connectivity index (χ1n) is 12.2. The van der Waals surface area contributed by atoms with Gasteiger partial charge in [-0.1, -0.05) is 11.6 Å². The minimum atomic E-state index is -4.88. The van der Waals surface area contributed by atoms with Gasteiger partial charge in [-0.15, -0.1) is 0 Å². The van der Waals surface area contributed by atoms with Gasteiger partial charge in [0.1, 0.15) is 11.6 Å². The van der Waals surface area contributed by atoms with E-state index in [9.17, 15) is 31.5 Å². The molecule has 0 radical (unpaired) electrons. The molecule has 0 bridgehead atoms. The summed E-state index contributed by atoms with van der Waals surface area (Å²) in [5.74, 6) is -3.43. The molecule has 40 heavy (non-hydrogen) atoms. The first-order valence-corrected chi connectivity index (χ1v) is 12.5. The third kappa shape index (κ3) is 4.81. The smallest absolute Gasteiger partial charge is 0.341 e. The minimum Gasteiger partial charge on any atom is -0.341 e. The van der Waals surface area contributed by atoms with Gasteiger partial charge in [0.2, 0.25) is 0 Å². The van der Waals surface area contributed by atoms with Crippen molar-refractivity contribution in [1.29, 1.82) is 0 Å².